The van der Waals surface area contributed by atoms with Crippen LogP contribution in [-0.4, -0.2) is 24.6 Å². The van der Waals surface area contributed by atoms with Crippen molar-refractivity contribution < 1.29 is 23.4 Å². The zero-order chi connectivity index (χ0) is 16.3. The van der Waals surface area contributed by atoms with E-state index in [1.165, 1.54) is 49.4 Å². The highest BCUT2D eigenvalue weighted by Crippen LogP contribution is 2.23. The van der Waals surface area contributed by atoms with Gasteiger partial charge in [0.2, 0.25) is 9.84 Å². The van der Waals surface area contributed by atoms with Crippen molar-refractivity contribution in [2.45, 2.75) is 16.7 Å². The third kappa shape index (κ3) is 3.35. The first-order valence-electron chi connectivity index (χ1n) is 6.36. The van der Waals surface area contributed by atoms with Crippen molar-refractivity contribution in [3.05, 3.63) is 59.7 Å². The molecule has 0 saturated carbocycles. The number of phenolic OH excluding ortho intramolecular Hbond substituents is 1. The molecule has 2 rings (SSSR count). The zero-order valence-electron chi connectivity index (χ0n) is 11.7. The molecule has 0 aliphatic rings. The van der Waals surface area contributed by atoms with Crippen LogP contribution < -0.4 is 0 Å². The maximum absolute atomic E-state index is 12.4. The summed E-state index contributed by atoms with van der Waals surface area (Å²) < 4.78 is 24.8. The van der Waals surface area contributed by atoms with E-state index < -0.39 is 15.8 Å². The van der Waals surface area contributed by atoms with Crippen molar-refractivity contribution in [1.29, 1.82) is 0 Å². The van der Waals surface area contributed by atoms with Gasteiger partial charge in [0.25, 0.3) is 0 Å². The van der Waals surface area contributed by atoms with E-state index in [0.717, 1.165) is 0 Å². The topological polar surface area (TPSA) is 91.7 Å². The minimum absolute atomic E-state index is 0.0106. The Hall–Kier alpha value is -2.60. The number of sulfone groups is 1. The molecule has 2 aromatic rings. The smallest absolute Gasteiger partial charge is 0.331 e. The summed E-state index contributed by atoms with van der Waals surface area (Å²) in [6.45, 7) is 1.46. The van der Waals surface area contributed by atoms with Crippen molar-refractivity contribution in [2.24, 2.45) is 0 Å². The fraction of sp³-hybridized carbons (Fsp3) is 0.0625. The quantitative estimate of drug-likeness (QED) is 0.846. The number of hydrogen-bond acceptors (Lipinski definition) is 4. The molecule has 0 bridgehead atoms. The molecule has 5 nitrogen and oxygen atoms in total. The molecule has 0 heterocycles. The number of carbonyl (C=O) groups is 1. The number of aromatic hydroxyl groups is 1. The van der Waals surface area contributed by atoms with Crippen LogP contribution in [0.5, 0.6) is 5.75 Å². The number of benzene rings is 2. The van der Waals surface area contributed by atoms with E-state index >= 15 is 0 Å². The van der Waals surface area contributed by atoms with Crippen LogP contribution in [0, 0.1) is 0 Å². The third-order valence-electron chi connectivity index (χ3n) is 3.06. The lowest BCUT2D eigenvalue weighted by Gasteiger charge is -2.05. The average molecular weight is 318 g/mol. The van der Waals surface area contributed by atoms with Gasteiger partial charge >= 0.3 is 5.97 Å². The molecule has 0 aliphatic carbocycles. The summed E-state index contributed by atoms with van der Waals surface area (Å²) in [5.74, 6) is -1.04. The van der Waals surface area contributed by atoms with Crippen LogP contribution in [0.15, 0.2) is 63.9 Å². The van der Waals surface area contributed by atoms with Crippen LogP contribution in [0.3, 0.4) is 0 Å². The summed E-state index contributed by atoms with van der Waals surface area (Å²) in [5, 5.41) is 18.0. The second-order valence-corrected chi connectivity index (χ2v) is 6.65. The summed E-state index contributed by atoms with van der Waals surface area (Å²) in [6.07, 6.45) is 1.46. The van der Waals surface area contributed by atoms with E-state index in [0.29, 0.717) is 5.56 Å². The lowest BCUT2D eigenvalue weighted by Crippen LogP contribution is -2.01. The molecule has 6 heteroatoms. The maximum Gasteiger partial charge on any atom is 0.331 e. The molecule has 0 amide bonds. The number of carboxylic acids is 1. The Morgan fingerprint density at radius 2 is 1.41 bits per heavy atom. The van der Waals surface area contributed by atoms with Gasteiger partial charge in [0.1, 0.15) is 5.75 Å². The first kappa shape index (κ1) is 15.8. The maximum atomic E-state index is 12.4. The fourth-order valence-corrected chi connectivity index (χ4v) is 3.08. The Labute approximate surface area is 128 Å². The number of rotatable bonds is 4. The Morgan fingerprint density at radius 1 is 0.955 bits per heavy atom. The van der Waals surface area contributed by atoms with Gasteiger partial charge < -0.3 is 10.2 Å². The molecule has 0 saturated heterocycles. The Balaban J connectivity index is 2.36. The van der Waals surface area contributed by atoms with Crippen molar-refractivity contribution in [3.63, 3.8) is 0 Å². The van der Waals surface area contributed by atoms with E-state index in [9.17, 15) is 18.3 Å². The number of aliphatic carboxylic acids is 1. The molecule has 0 unspecified atom stereocenters. The fourth-order valence-electron chi connectivity index (χ4n) is 1.82. The zero-order valence-corrected chi connectivity index (χ0v) is 12.5. The van der Waals surface area contributed by atoms with E-state index in [2.05, 4.69) is 0 Å². The Kier molecular flexibility index (Phi) is 4.32. The van der Waals surface area contributed by atoms with Gasteiger partial charge in [-0.25, -0.2) is 13.2 Å². The summed E-state index contributed by atoms with van der Waals surface area (Å²) in [4.78, 5) is 10.9. The SMILES string of the molecule is C/C(=C\c1ccc(S(=O)(=O)c2ccc(O)cc2)cc1)C(=O)O. The lowest BCUT2D eigenvalue weighted by molar-refractivity contribution is -0.132. The van der Waals surface area contributed by atoms with Gasteiger partial charge in [-0.15, -0.1) is 0 Å². The molecule has 0 fully saturated rings. The minimum Gasteiger partial charge on any atom is -0.508 e. The van der Waals surface area contributed by atoms with E-state index in [-0.39, 0.29) is 21.1 Å². The summed E-state index contributed by atoms with van der Waals surface area (Å²) in [6, 6.07) is 11.2. The van der Waals surface area contributed by atoms with Crippen molar-refractivity contribution >= 4 is 21.9 Å². The van der Waals surface area contributed by atoms with Crippen LogP contribution >= 0.6 is 0 Å². The summed E-state index contributed by atoms with van der Waals surface area (Å²) in [7, 11) is -3.67. The molecule has 0 aromatic heterocycles. The largest absolute Gasteiger partial charge is 0.508 e. The van der Waals surface area contributed by atoms with Gasteiger partial charge in [0.05, 0.1) is 9.79 Å². The van der Waals surface area contributed by atoms with Gasteiger partial charge in [-0.05, 0) is 55.0 Å². The molecule has 0 atom stereocenters. The monoisotopic (exact) mass is 318 g/mol. The van der Waals surface area contributed by atoms with Crippen molar-refractivity contribution in [3.8, 4) is 5.75 Å². The highest BCUT2D eigenvalue weighted by molar-refractivity contribution is 7.91. The summed E-state index contributed by atoms with van der Waals surface area (Å²) >= 11 is 0. The van der Waals surface area contributed by atoms with Gasteiger partial charge in [0, 0.05) is 5.57 Å². The average Bonchev–Trinajstić information content (AvgIpc) is 2.48. The van der Waals surface area contributed by atoms with E-state index in [1.807, 2.05) is 0 Å². The Morgan fingerprint density at radius 3 is 1.86 bits per heavy atom. The van der Waals surface area contributed by atoms with Crippen LogP contribution in [0.4, 0.5) is 0 Å². The molecular formula is C16H14O5S. The second kappa shape index (κ2) is 6.03. The number of phenols is 1. The third-order valence-corrected chi connectivity index (χ3v) is 4.84. The first-order chi connectivity index (χ1) is 10.3. The number of hydrogen-bond donors (Lipinski definition) is 2. The second-order valence-electron chi connectivity index (χ2n) is 4.70. The van der Waals surface area contributed by atoms with Gasteiger partial charge in [0.15, 0.2) is 0 Å². The predicted octanol–water partition coefficient (Wildman–Crippen LogP) is 2.71. The molecule has 0 spiro atoms. The normalized spacial score (nSPS) is 12.1. The first-order valence-corrected chi connectivity index (χ1v) is 7.85. The molecule has 22 heavy (non-hydrogen) atoms. The highest BCUT2D eigenvalue weighted by Gasteiger charge is 2.17. The van der Waals surface area contributed by atoms with Crippen LogP contribution in [0.25, 0.3) is 6.08 Å². The molecule has 2 aromatic carbocycles. The highest BCUT2D eigenvalue weighted by atomic mass is 32.2. The predicted molar refractivity (Wildman–Crippen MR) is 81.3 cm³/mol. The van der Waals surface area contributed by atoms with Gasteiger partial charge in [-0.1, -0.05) is 12.1 Å². The molecule has 0 radical (unpaired) electrons. The lowest BCUT2D eigenvalue weighted by atomic mass is 10.1. The minimum atomic E-state index is -3.67. The van der Waals surface area contributed by atoms with Crippen LogP contribution in [0.1, 0.15) is 12.5 Å². The molecule has 2 N–H and O–H groups in total. The van der Waals surface area contributed by atoms with Crippen LogP contribution in [-0.2, 0) is 14.6 Å². The van der Waals surface area contributed by atoms with Crippen molar-refractivity contribution in [2.75, 3.05) is 0 Å². The molecular weight excluding hydrogens is 304 g/mol. The molecule has 0 aliphatic heterocycles. The van der Waals surface area contributed by atoms with E-state index in [4.69, 9.17) is 5.11 Å². The standard InChI is InChI=1S/C16H14O5S/c1-11(16(18)19)10-12-2-6-14(7-3-12)22(20,21)15-8-4-13(17)5-9-15/h2-10,17H,1H3,(H,18,19)/b11-10+. The van der Waals surface area contributed by atoms with Crippen LogP contribution in [0.2, 0.25) is 0 Å². The van der Waals surface area contributed by atoms with Gasteiger partial charge in [-0.2, -0.15) is 0 Å². The molecule has 114 valence electrons. The van der Waals surface area contributed by atoms with Gasteiger partial charge in [-0.3, -0.25) is 0 Å². The Bertz CT molecular complexity index is 816. The van der Waals surface area contributed by atoms with Crippen molar-refractivity contribution in [1.82, 2.24) is 0 Å². The number of carboxylic acid groups (broad SMARTS) is 1. The van der Waals surface area contributed by atoms with E-state index in [1.54, 1.807) is 12.1 Å². The summed E-state index contributed by atoms with van der Waals surface area (Å²) in [5.41, 5.74) is 0.763.